The van der Waals surface area contributed by atoms with Gasteiger partial charge in [0, 0.05) is 11.9 Å². The lowest BCUT2D eigenvalue weighted by molar-refractivity contribution is -0.137. The van der Waals surface area contributed by atoms with Gasteiger partial charge in [0.05, 0.1) is 16.8 Å². The third kappa shape index (κ3) is 3.67. The van der Waals surface area contributed by atoms with Gasteiger partial charge in [-0.25, -0.2) is 9.97 Å². The normalized spacial score (nSPS) is 17.5. The molecule has 1 heterocycles. The number of nitrogens with zero attached hydrogens (tertiary/aromatic N) is 2. The number of halogens is 3. The summed E-state index contributed by atoms with van der Waals surface area (Å²) in [6.07, 6.45) is 2.18. The van der Waals surface area contributed by atoms with E-state index < -0.39 is 17.3 Å². The predicted molar refractivity (Wildman–Crippen MR) is 85.7 cm³/mol. The zero-order chi connectivity index (χ0) is 17.2. The van der Waals surface area contributed by atoms with Crippen molar-refractivity contribution in [1.29, 1.82) is 0 Å². The van der Waals surface area contributed by atoms with Gasteiger partial charge in [0.2, 0.25) is 5.95 Å². The Hall–Kier alpha value is -2.15. The second-order valence-electron chi connectivity index (χ2n) is 6.19. The first-order valence-electron chi connectivity index (χ1n) is 7.94. The summed E-state index contributed by atoms with van der Waals surface area (Å²) in [5.41, 5.74) is 6.28. The van der Waals surface area contributed by atoms with Crippen molar-refractivity contribution in [3.8, 4) is 0 Å². The fourth-order valence-corrected chi connectivity index (χ4v) is 3.04. The van der Waals surface area contributed by atoms with Gasteiger partial charge < -0.3 is 11.1 Å². The van der Waals surface area contributed by atoms with Crippen LogP contribution in [0.1, 0.15) is 43.4 Å². The van der Waals surface area contributed by atoms with E-state index in [1.54, 1.807) is 18.3 Å². The summed E-state index contributed by atoms with van der Waals surface area (Å²) in [6, 6.07) is 6.74. The number of rotatable bonds is 3. The topological polar surface area (TPSA) is 63.8 Å². The fraction of sp³-hybridized carbons (Fsp3) is 0.412. The third-order valence-corrected chi connectivity index (χ3v) is 4.36. The highest BCUT2D eigenvalue weighted by molar-refractivity contribution is 5.54. The molecule has 7 heteroatoms. The molecule has 0 saturated heterocycles. The van der Waals surface area contributed by atoms with E-state index in [1.807, 2.05) is 0 Å². The maximum Gasteiger partial charge on any atom is 0.416 e. The summed E-state index contributed by atoms with van der Waals surface area (Å²) >= 11 is 0. The molecule has 0 amide bonds. The number of nitrogens with two attached hydrogens (primary N) is 1. The summed E-state index contributed by atoms with van der Waals surface area (Å²) in [4.78, 5) is 8.52. The average molecular weight is 336 g/mol. The summed E-state index contributed by atoms with van der Waals surface area (Å²) < 4.78 is 38.4. The molecule has 1 fully saturated rings. The number of aromatic nitrogens is 2. The molecule has 0 unspecified atom stereocenters. The minimum Gasteiger partial charge on any atom is -0.324 e. The molecule has 1 aliphatic carbocycles. The highest BCUT2D eigenvalue weighted by Crippen LogP contribution is 2.34. The molecule has 0 bridgehead atoms. The van der Waals surface area contributed by atoms with E-state index in [0.29, 0.717) is 0 Å². The van der Waals surface area contributed by atoms with Crippen molar-refractivity contribution < 1.29 is 13.2 Å². The maximum absolute atomic E-state index is 12.8. The number of anilines is 2. The zero-order valence-corrected chi connectivity index (χ0v) is 13.1. The van der Waals surface area contributed by atoms with Crippen LogP contribution < -0.4 is 11.1 Å². The molecule has 1 aromatic heterocycles. The van der Waals surface area contributed by atoms with Gasteiger partial charge in [-0.05, 0) is 37.1 Å². The molecule has 0 atom stereocenters. The molecular formula is C17H19F3N4. The predicted octanol–water partition coefficient (Wildman–Crippen LogP) is 4.36. The number of hydrogen-bond acceptors (Lipinski definition) is 4. The van der Waals surface area contributed by atoms with E-state index in [0.717, 1.165) is 43.5 Å². The zero-order valence-electron chi connectivity index (χ0n) is 13.1. The van der Waals surface area contributed by atoms with Crippen molar-refractivity contribution in [3.63, 3.8) is 0 Å². The standard InChI is InChI=1S/C17H19F3N4/c18-17(19,20)12-5-4-6-13(11-12)23-15-22-10-7-14(24-15)16(21)8-2-1-3-9-16/h4-7,10-11H,1-3,8-9,21H2,(H,22,23,24). The Morgan fingerprint density at radius 1 is 1.08 bits per heavy atom. The van der Waals surface area contributed by atoms with Gasteiger partial charge in [-0.2, -0.15) is 13.2 Å². The van der Waals surface area contributed by atoms with Gasteiger partial charge in [-0.3, -0.25) is 0 Å². The molecule has 128 valence electrons. The van der Waals surface area contributed by atoms with Gasteiger partial charge in [0.15, 0.2) is 0 Å². The van der Waals surface area contributed by atoms with Crippen LogP contribution in [-0.4, -0.2) is 9.97 Å². The summed E-state index contributed by atoms with van der Waals surface area (Å²) in [5, 5.41) is 2.84. The molecule has 3 N–H and O–H groups in total. The summed E-state index contributed by atoms with van der Waals surface area (Å²) in [6.45, 7) is 0. The van der Waals surface area contributed by atoms with Crippen LogP contribution >= 0.6 is 0 Å². The SMILES string of the molecule is NC1(c2ccnc(Nc3cccc(C(F)(F)F)c3)n2)CCCCC1. The summed E-state index contributed by atoms with van der Waals surface area (Å²) in [7, 11) is 0. The molecule has 0 spiro atoms. The van der Waals surface area contributed by atoms with Gasteiger partial charge in [-0.15, -0.1) is 0 Å². The fourth-order valence-electron chi connectivity index (χ4n) is 3.04. The monoisotopic (exact) mass is 336 g/mol. The molecule has 24 heavy (non-hydrogen) atoms. The van der Waals surface area contributed by atoms with Crippen molar-refractivity contribution in [2.24, 2.45) is 5.73 Å². The smallest absolute Gasteiger partial charge is 0.324 e. The van der Waals surface area contributed by atoms with Crippen LogP contribution in [0, 0.1) is 0 Å². The average Bonchev–Trinajstić information content (AvgIpc) is 2.55. The van der Waals surface area contributed by atoms with Crippen LogP contribution in [0.3, 0.4) is 0 Å². The molecule has 3 rings (SSSR count). The van der Waals surface area contributed by atoms with Crippen LogP contribution in [-0.2, 0) is 11.7 Å². The molecule has 1 saturated carbocycles. The lowest BCUT2D eigenvalue weighted by atomic mass is 9.80. The first-order valence-corrected chi connectivity index (χ1v) is 7.94. The molecular weight excluding hydrogens is 317 g/mol. The van der Waals surface area contributed by atoms with Crippen LogP contribution in [0.15, 0.2) is 36.5 Å². The van der Waals surface area contributed by atoms with Crippen LogP contribution in [0.2, 0.25) is 0 Å². The lowest BCUT2D eigenvalue weighted by Crippen LogP contribution is -2.39. The van der Waals surface area contributed by atoms with Crippen LogP contribution in [0.4, 0.5) is 24.8 Å². The first kappa shape index (κ1) is 16.7. The van der Waals surface area contributed by atoms with Crippen LogP contribution in [0.25, 0.3) is 0 Å². The van der Waals surface area contributed by atoms with Gasteiger partial charge in [0.25, 0.3) is 0 Å². The van der Waals surface area contributed by atoms with E-state index in [-0.39, 0.29) is 11.6 Å². The Balaban J connectivity index is 1.83. The Labute approximate surface area is 138 Å². The van der Waals surface area contributed by atoms with Crippen LogP contribution in [0.5, 0.6) is 0 Å². The van der Waals surface area contributed by atoms with Crippen molar-refractivity contribution in [2.75, 3.05) is 5.32 Å². The van der Waals surface area contributed by atoms with Gasteiger partial charge in [-0.1, -0.05) is 25.3 Å². The number of benzene rings is 1. The molecule has 4 nitrogen and oxygen atoms in total. The third-order valence-electron chi connectivity index (χ3n) is 4.36. The van der Waals surface area contributed by atoms with E-state index in [1.165, 1.54) is 12.5 Å². The minimum absolute atomic E-state index is 0.252. The molecule has 1 aliphatic rings. The highest BCUT2D eigenvalue weighted by atomic mass is 19.4. The second kappa shape index (κ2) is 6.39. The Bertz CT molecular complexity index is 709. The molecule has 1 aromatic carbocycles. The second-order valence-corrected chi connectivity index (χ2v) is 6.19. The Morgan fingerprint density at radius 2 is 1.83 bits per heavy atom. The van der Waals surface area contributed by atoms with Crippen molar-refractivity contribution >= 4 is 11.6 Å². The summed E-state index contributed by atoms with van der Waals surface area (Å²) in [5.74, 6) is 0.252. The van der Waals surface area contributed by atoms with Crippen molar-refractivity contribution in [3.05, 3.63) is 47.8 Å². The molecule has 0 aliphatic heterocycles. The van der Waals surface area contributed by atoms with Crippen molar-refractivity contribution in [2.45, 2.75) is 43.8 Å². The Morgan fingerprint density at radius 3 is 2.54 bits per heavy atom. The molecule has 2 aromatic rings. The van der Waals surface area contributed by atoms with E-state index in [2.05, 4.69) is 15.3 Å². The number of nitrogens with one attached hydrogen (secondary N) is 1. The Kier molecular flexibility index (Phi) is 4.45. The largest absolute Gasteiger partial charge is 0.416 e. The quantitative estimate of drug-likeness (QED) is 0.874. The van der Waals surface area contributed by atoms with E-state index in [4.69, 9.17) is 5.73 Å². The van der Waals surface area contributed by atoms with Crippen molar-refractivity contribution in [1.82, 2.24) is 9.97 Å². The first-order chi connectivity index (χ1) is 11.4. The maximum atomic E-state index is 12.8. The number of alkyl halides is 3. The van der Waals surface area contributed by atoms with Gasteiger partial charge in [0.1, 0.15) is 0 Å². The number of hydrogen-bond donors (Lipinski definition) is 2. The molecule has 0 radical (unpaired) electrons. The minimum atomic E-state index is -4.39. The lowest BCUT2D eigenvalue weighted by Gasteiger charge is -2.32. The van der Waals surface area contributed by atoms with Gasteiger partial charge >= 0.3 is 6.18 Å². The van der Waals surface area contributed by atoms with E-state index >= 15 is 0 Å². The van der Waals surface area contributed by atoms with E-state index in [9.17, 15) is 13.2 Å². The highest BCUT2D eigenvalue weighted by Gasteiger charge is 2.32.